The Balaban J connectivity index is 1.43. The molecule has 33 heavy (non-hydrogen) atoms. The number of nitrogens with zero attached hydrogens (tertiary/aromatic N) is 2. The number of nitrogens with one attached hydrogen (secondary N) is 2. The van der Waals surface area contributed by atoms with Crippen molar-refractivity contribution in [3.8, 4) is 0 Å². The second-order valence-corrected chi connectivity index (χ2v) is 9.79. The highest BCUT2D eigenvalue weighted by Gasteiger charge is 2.41. The Labute approximate surface area is 196 Å². The number of fused-ring (bicyclic) bond motifs is 1. The summed E-state index contributed by atoms with van der Waals surface area (Å²) in [7, 11) is -2.17. The first-order valence-corrected chi connectivity index (χ1v) is 12.2. The first-order chi connectivity index (χ1) is 15.6. The van der Waals surface area contributed by atoms with Gasteiger partial charge in [0, 0.05) is 31.0 Å². The van der Waals surface area contributed by atoms with Crippen LogP contribution in [0.25, 0.3) is 10.9 Å². The average Bonchev–Trinajstić information content (AvgIpc) is 3.31. The second kappa shape index (κ2) is 8.93. The van der Waals surface area contributed by atoms with Gasteiger partial charge < -0.3 is 15.2 Å². The van der Waals surface area contributed by atoms with E-state index in [1.807, 2.05) is 30.5 Å². The molecule has 1 fully saturated rings. The topological polar surface area (TPSA) is 129 Å². The van der Waals surface area contributed by atoms with E-state index in [0.717, 1.165) is 16.5 Å². The van der Waals surface area contributed by atoms with Crippen molar-refractivity contribution in [2.75, 3.05) is 18.9 Å². The highest BCUT2D eigenvalue weighted by Crippen LogP contribution is 2.22. The molecule has 2 aromatic carbocycles. The minimum absolute atomic E-state index is 0.0324. The maximum atomic E-state index is 12.8. The molecule has 1 aliphatic rings. The molecule has 1 aliphatic heterocycles. The molecule has 1 unspecified atom stereocenters. The SMILES string of the molecule is CN1C(=O)C(CC(=O)Nc2ccc3cc[nH]c3c2)N(CCc2ccc(S(N)(=O)=O)cc2)C1=S. The summed E-state index contributed by atoms with van der Waals surface area (Å²) in [6, 6.07) is 13.0. The van der Waals surface area contributed by atoms with Crippen molar-refractivity contribution in [2.45, 2.75) is 23.8 Å². The number of carbonyl (C=O) groups is 2. The lowest BCUT2D eigenvalue weighted by Crippen LogP contribution is -2.39. The van der Waals surface area contributed by atoms with E-state index in [4.69, 9.17) is 17.4 Å². The number of likely N-dealkylation sites (N-methyl/N-ethyl adjacent to an activating group) is 1. The Kier molecular flexibility index (Phi) is 6.19. The summed E-state index contributed by atoms with van der Waals surface area (Å²) in [4.78, 5) is 31.7. The number of thiocarbonyl (C=S) groups is 1. The van der Waals surface area contributed by atoms with E-state index in [1.165, 1.54) is 17.0 Å². The number of primary sulfonamides is 1. The van der Waals surface area contributed by atoms with Crippen LogP contribution in [0, 0.1) is 0 Å². The molecule has 11 heteroatoms. The number of rotatable bonds is 7. The van der Waals surface area contributed by atoms with Crippen molar-refractivity contribution >= 4 is 55.8 Å². The van der Waals surface area contributed by atoms with E-state index in [0.29, 0.717) is 23.8 Å². The number of amides is 2. The quantitative estimate of drug-likeness (QED) is 0.438. The third kappa shape index (κ3) is 4.90. The van der Waals surface area contributed by atoms with E-state index >= 15 is 0 Å². The standard InChI is InChI=1S/C22H23N5O4S2/c1-26-21(29)19(13-20(28)25-16-5-4-15-8-10-24-18(15)12-16)27(22(26)32)11-9-14-2-6-17(7-3-14)33(23,30)31/h2-8,10,12,19,24H,9,11,13H2,1H3,(H,25,28)(H2,23,30,31). The summed E-state index contributed by atoms with van der Waals surface area (Å²) in [6.45, 7) is 0.399. The van der Waals surface area contributed by atoms with E-state index in [9.17, 15) is 18.0 Å². The number of nitrogens with two attached hydrogens (primary N) is 1. The fourth-order valence-electron chi connectivity index (χ4n) is 3.83. The Bertz CT molecular complexity index is 1330. The fraction of sp³-hybridized carbons (Fsp3) is 0.227. The van der Waals surface area contributed by atoms with Crippen LogP contribution in [0.4, 0.5) is 5.69 Å². The summed E-state index contributed by atoms with van der Waals surface area (Å²) >= 11 is 5.43. The smallest absolute Gasteiger partial charge is 0.251 e. The minimum atomic E-state index is -3.76. The summed E-state index contributed by atoms with van der Waals surface area (Å²) in [5, 5.41) is 9.37. The van der Waals surface area contributed by atoms with Gasteiger partial charge in [-0.05, 0) is 59.9 Å². The van der Waals surface area contributed by atoms with Gasteiger partial charge in [0.15, 0.2) is 5.11 Å². The number of aromatic nitrogens is 1. The van der Waals surface area contributed by atoms with Crippen LogP contribution in [-0.4, -0.2) is 59.8 Å². The first-order valence-electron chi connectivity index (χ1n) is 10.2. The maximum absolute atomic E-state index is 12.8. The molecule has 2 amide bonds. The number of hydrogen-bond donors (Lipinski definition) is 3. The zero-order valence-corrected chi connectivity index (χ0v) is 19.4. The lowest BCUT2D eigenvalue weighted by Gasteiger charge is -2.23. The summed E-state index contributed by atoms with van der Waals surface area (Å²) < 4.78 is 22.8. The molecule has 4 N–H and O–H groups in total. The monoisotopic (exact) mass is 485 g/mol. The van der Waals surface area contributed by atoms with Gasteiger partial charge in [-0.15, -0.1) is 0 Å². The molecule has 0 bridgehead atoms. The molecule has 1 atom stereocenters. The number of hydrogen-bond acceptors (Lipinski definition) is 5. The zero-order chi connectivity index (χ0) is 23.8. The van der Waals surface area contributed by atoms with Gasteiger partial charge in [-0.25, -0.2) is 13.6 Å². The van der Waals surface area contributed by atoms with Gasteiger partial charge >= 0.3 is 0 Å². The zero-order valence-electron chi connectivity index (χ0n) is 17.8. The molecule has 0 aliphatic carbocycles. The van der Waals surface area contributed by atoms with Crippen molar-refractivity contribution in [3.63, 3.8) is 0 Å². The van der Waals surface area contributed by atoms with E-state index in [-0.39, 0.29) is 23.1 Å². The number of carbonyl (C=O) groups excluding carboxylic acids is 2. The second-order valence-electron chi connectivity index (χ2n) is 7.86. The molecule has 172 valence electrons. The summed E-state index contributed by atoms with van der Waals surface area (Å²) in [5.41, 5.74) is 2.40. The Morgan fingerprint density at radius 3 is 2.61 bits per heavy atom. The van der Waals surface area contributed by atoms with Crippen molar-refractivity contribution in [3.05, 3.63) is 60.3 Å². The van der Waals surface area contributed by atoms with Gasteiger partial charge in [-0.1, -0.05) is 18.2 Å². The van der Waals surface area contributed by atoms with Gasteiger partial charge in [0.05, 0.1) is 11.3 Å². The molecule has 0 saturated carbocycles. The van der Waals surface area contributed by atoms with Crippen LogP contribution < -0.4 is 10.5 Å². The lowest BCUT2D eigenvalue weighted by molar-refractivity contribution is -0.130. The minimum Gasteiger partial charge on any atom is -0.361 e. The Morgan fingerprint density at radius 1 is 1.18 bits per heavy atom. The van der Waals surface area contributed by atoms with E-state index in [1.54, 1.807) is 24.1 Å². The number of benzene rings is 2. The molecule has 0 spiro atoms. The van der Waals surface area contributed by atoms with Gasteiger partial charge in [-0.2, -0.15) is 0 Å². The number of H-pyrrole nitrogens is 1. The normalized spacial score (nSPS) is 16.6. The highest BCUT2D eigenvalue weighted by molar-refractivity contribution is 7.89. The van der Waals surface area contributed by atoms with E-state index in [2.05, 4.69) is 10.3 Å². The molecule has 9 nitrogen and oxygen atoms in total. The predicted octanol–water partition coefficient (Wildman–Crippen LogP) is 1.81. The van der Waals surface area contributed by atoms with Crippen LogP contribution >= 0.6 is 12.2 Å². The largest absolute Gasteiger partial charge is 0.361 e. The fourth-order valence-corrected chi connectivity index (χ4v) is 4.66. The number of aromatic amines is 1. The molecule has 2 heterocycles. The predicted molar refractivity (Wildman–Crippen MR) is 129 cm³/mol. The molecule has 1 aromatic heterocycles. The van der Waals surface area contributed by atoms with Crippen LogP contribution in [0.5, 0.6) is 0 Å². The van der Waals surface area contributed by atoms with Crippen molar-refractivity contribution in [1.29, 1.82) is 0 Å². The lowest BCUT2D eigenvalue weighted by atomic mass is 10.1. The van der Waals surface area contributed by atoms with Gasteiger partial charge in [0.1, 0.15) is 6.04 Å². The third-order valence-electron chi connectivity index (χ3n) is 5.64. The molecular formula is C22H23N5O4S2. The van der Waals surface area contributed by atoms with E-state index < -0.39 is 16.1 Å². The van der Waals surface area contributed by atoms with Crippen LogP contribution in [0.3, 0.4) is 0 Å². The maximum Gasteiger partial charge on any atom is 0.251 e. The third-order valence-corrected chi connectivity index (χ3v) is 7.07. The van der Waals surface area contributed by atoms with Crippen molar-refractivity contribution in [1.82, 2.24) is 14.8 Å². The molecular weight excluding hydrogens is 462 g/mol. The summed E-state index contributed by atoms with van der Waals surface area (Å²) in [6.07, 6.45) is 2.29. The summed E-state index contributed by atoms with van der Waals surface area (Å²) in [5.74, 6) is -0.528. The molecule has 3 aromatic rings. The number of anilines is 1. The Morgan fingerprint density at radius 2 is 1.91 bits per heavy atom. The van der Waals surface area contributed by atoms with Crippen LogP contribution in [0.1, 0.15) is 12.0 Å². The Hall–Kier alpha value is -3.28. The van der Waals surface area contributed by atoms with Crippen LogP contribution in [0.2, 0.25) is 0 Å². The number of sulfonamides is 1. The van der Waals surface area contributed by atoms with Crippen molar-refractivity contribution < 1.29 is 18.0 Å². The molecule has 4 rings (SSSR count). The van der Waals surface area contributed by atoms with Gasteiger partial charge in [0.2, 0.25) is 15.9 Å². The average molecular weight is 486 g/mol. The highest BCUT2D eigenvalue weighted by atomic mass is 32.2. The van der Waals surface area contributed by atoms with Gasteiger partial charge in [-0.3, -0.25) is 14.5 Å². The molecule has 0 radical (unpaired) electrons. The first kappa shape index (κ1) is 22.9. The van der Waals surface area contributed by atoms with Gasteiger partial charge in [0.25, 0.3) is 5.91 Å². The van der Waals surface area contributed by atoms with Crippen LogP contribution in [-0.2, 0) is 26.0 Å². The molecule has 1 saturated heterocycles. The van der Waals surface area contributed by atoms with Crippen LogP contribution in [0.15, 0.2) is 59.6 Å². The van der Waals surface area contributed by atoms with Crippen molar-refractivity contribution in [2.24, 2.45) is 5.14 Å².